The average Bonchev–Trinajstić information content (AvgIpc) is 2.60. The number of hydrogen-bond acceptors (Lipinski definition) is 2. The van der Waals surface area contributed by atoms with E-state index in [9.17, 15) is 4.79 Å². The molecule has 3 nitrogen and oxygen atoms in total. The Kier molecular flexibility index (Phi) is 3.34. The zero-order chi connectivity index (χ0) is 15.8. The zero-order valence-corrected chi connectivity index (χ0v) is 13.1. The number of fused-ring (bicyclic) bond motifs is 2. The Morgan fingerprint density at radius 1 is 1.13 bits per heavy atom. The molecule has 23 heavy (non-hydrogen) atoms. The molecule has 0 saturated carbocycles. The van der Waals surface area contributed by atoms with Gasteiger partial charge in [-0.25, -0.2) is 0 Å². The largest absolute Gasteiger partial charge is 0.308 e. The fourth-order valence-corrected chi connectivity index (χ4v) is 3.36. The molecular weight excluding hydrogens is 284 g/mol. The van der Waals surface area contributed by atoms with Crippen LogP contribution in [-0.2, 0) is 6.42 Å². The molecule has 0 bridgehead atoms. The number of pyridine rings is 1. The van der Waals surface area contributed by atoms with Crippen molar-refractivity contribution in [3.05, 3.63) is 71.4 Å². The van der Waals surface area contributed by atoms with E-state index >= 15 is 0 Å². The molecule has 0 fully saturated rings. The molecule has 3 heteroatoms. The molecule has 2 aromatic carbocycles. The van der Waals surface area contributed by atoms with Crippen molar-refractivity contribution in [1.29, 1.82) is 0 Å². The van der Waals surface area contributed by atoms with Crippen LogP contribution in [0, 0.1) is 6.92 Å². The van der Waals surface area contributed by atoms with Gasteiger partial charge in [-0.2, -0.15) is 0 Å². The van der Waals surface area contributed by atoms with Crippen LogP contribution in [0.2, 0.25) is 0 Å². The molecule has 0 aliphatic carbocycles. The number of carbonyl (C=O) groups is 1. The topological polar surface area (TPSA) is 33.2 Å². The van der Waals surface area contributed by atoms with E-state index in [4.69, 9.17) is 0 Å². The lowest BCUT2D eigenvalue weighted by Crippen LogP contribution is -2.35. The summed E-state index contributed by atoms with van der Waals surface area (Å²) in [7, 11) is 0. The minimum atomic E-state index is 0.0408. The first-order valence-corrected chi connectivity index (χ1v) is 7.99. The van der Waals surface area contributed by atoms with Crippen LogP contribution >= 0.6 is 0 Å². The van der Waals surface area contributed by atoms with Crippen molar-refractivity contribution in [3.8, 4) is 0 Å². The second-order valence-electron chi connectivity index (χ2n) is 6.07. The molecule has 114 valence electrons. The highest BCUT2D eigenvalue weighted by atomic mass is 16.2. The van der Waals surface area contributed by atoms with E-state index < -0.39 is 0 Å². The number of hydrogen-bond donors (Lipinski definition) is 0. The normalized spacial score (nSPS) is 13.9. The maximum Gasteiger partial charge on any atom is 0.260 e. The summed E-state index contributed by atoms with van der Waals surface area (Å²) in [6.07, 6.45) is 3.78. The third kappa shape index (κ3) is 2.38. The van der Waals surface area contributed by atoms with E-state index in [1.807, 2.05) is 35.2 Å². The van der Waals surface area contributed by atoms with Crippen LogP contribution in [0.3, 0.4) is 0 Å². The summed E-state index contributed by atoms with van der Waals surface area (Å²) in [5, 5.41) is 1.000. The van der Waals surface area contributed by atoms with Crippen LogP contribution in [0.1, 0.15) is 27.9 Å². The number of amides is 1. The number of nitrogens with zero attached hydrogens (tertiary/aromatic N) is 2. The summed E-state index contributed by atoms with van der Waals surface area (Å²) in [6, 6.07) is 16.0. The summed E-state index contributed by atoms with van der Waals surface area (Å²) in [5.41, 5.74) is 5.00. The van der Waals surface area contributed by atoms with E-state index in [2.05, 4.69) is 30.1 Å². The van der Waals surface area contributed by atoms with Gasteiger partial charge >= 0.3 is 0 Å². The molecule has 1 aliphatic rings. The summed E-state index contributed by atoms with van der Waals surface area (Å²) >= 11 is 0. The number of para-hydroxylation sites is 1. The quantitative estimate of drug-likeness (QED) is 0.677. The zero-order valence-electron chi connectivity index (χ0n) is 13.1. The van der Waals surface area contributed by atoms with Crippen LogP contribution < -0.4 is 4.90 Å². The first-order chi connectivity index (χ1) is 11.2. The van der Waals surface area contributed by atoms with Crippen molar-refractivity contribution in [2.75, 3.05) is 11.4 Å². The van der Waals surface area contributed by atoms with Crippen LogP contribution in [0.15, 0.2) is 54.7 Å². The van der Waals surface area contributed by atoms with Gasteiger partial charge in [0.25, 0.3) is 5.91 Å². The first-order valence-electron chi connectivity index (χ1n) is 7.99. The van der Waals surface area contributed by atoms with E-state index in [0.29, 0.717) is 5.56 Å². The monoisotopic (exact) mass is 302 g/mol. The van der Waals surface area contributed by atoms with Crippen LogP contribution in [-0.4, -0.2) is 17.4 Å². The molecule has 4 rings (SSSR count). The fourth-order valence-electron chi connectivity index (χ4n) is 3.36. The Morgan fingerprint density at radius 3 is 2.91 bits per heavy atom. The maximum absolute atomic E-state index is 13.1. The summed E-state index contributed by atoms with van der Waals surface area (Å²) in [6.45, 7) is 2.85. The number of anilines is 1. The number of rotatable bonds is 1. The van der Waals surface area contributed by atoms with Gasteiger partial charge in [0.15, 0.2) is 0 Å². The molecule has 0 N–H and O–H groups in total. The molecule has 1 aromatic heterocycles. The van der Waals surface area contributed by atoms with Gasteiger partial charge in [0, 0.05) is 23.8 Å². The highest BCUT2D eigenvalue weighted by molar-refractivity contribution is 6.13. The van der Waals surface area contributed by atoms with Crippen molar-refractivity contribution in [1.82, 2.24) is 4.98 Å². The fraction of sp³-hybridized carbons (Fsp3) is 0.200. The van der Waals surface area contributed by atoms with Crippen molar-refractivity contribution in [2.24, 2.45) is 0 Å². The predicted octanol–water partition coefficient (Wildman–Crippen LogP) is 4.14. The molecule has 0 unspecified atom stereocenters. The lowest BCUT2D eigenvalue weighted by Gasteiger charge is -2.30. The lowest BCUT2D eigenvalue weighted by atomic mass is 9.98. The highest BCUT2D eigenvalue weighted by Crippen LogP contribution is 2.30. The third-order valence-corrected chi connectivity index (χ3v) is 4.46. The molecular formula is C20H18N2O. The first kappa shape index (κ1) is 13.9. The highest BCUT2D eigenvalue weighted by Gasteiger charge is 2.24. The summed E-state index contributed by atoms with van der Waals surface area (Å²) in [4.78, 5) is 19.5. The van der Waals surface area contributed by atoms with E-state index in [0.717, 1.165) is 36.0 Å². The van der Waals surface area contributed by atoms with Gasteiger partial charge in [0.05, 0.1) is 11.1 Å². The summed E-state index contributed by atoms with van der Waals surface area (Å²) < 4.78 is 0. The Hall–Kier alpha value is -2.68. The Balaban J connectivity index is 1.81. The van der Waals surface area contributed by atoms with Crippen molar-refractivity contribution < 1.29 is 4.79 Å². The van der Waals surface area contributed by atoms with Gasteiger partial charge in [-0.1, -0.05) is 35.9 Å². The van der Waals surface area contributed by atoms with Crippen LogP contribution in [0.5, 0.6) is 0 Å². The lowest BCUT2D eigenvalue weighted by molar-refractivity contribution is 0.0986. The third-order valence-electron chi connectivity index (χ3n) is 4.46. The maximum atomic E-state index is 13.1. The second-order valence-corrected chi connectivity index (χ2v) is 6.07. The molecule has 0 spiro atoms. The minimum absolute atomic E-state index is 0.0408. The molecule has 2 heterocycles. The number of aryl methyl sites for hydroxylation is 2. The predicted molar refractivity (Wildman–Crippen MR) is 92.9 cm³/mol. The molecule has 0 atom stereocenters. The molecule has 0 radical (unpaired) electrons. The van der Waals surface area contributed by atoms with Crippen molar-refractivity contribution in [2.45, 2.75) is 19.8 Å². The Labute approximate surface area is 135 Å². The van der Waals surface area contributed by atoms with E-state index in [1.54, 1.807) is 6.20 Å². The average molecular weight is 302 g/mol. The number of aromatic nitrogens is 1. The standard InChI is InChI=1S/C20H18N2O/c1-14-9-10-18-16(13-14)7-4-12-22(18)20(23)17-8-2-5-15-6-3-11-21-19(15)17/h2-3,5-6,8-11,13H,4,7,12H2,1H3. The van der Waals surface area contributed by atoms with E-state index in [-0.39, 0.29) is 5.91 Å². The van der Waals surface area contributed by atoms with Crippen LogP contribution in [0.4, 0.5) is 5.69 Å². The van der Waals surface area contributed by atoms with Crippen molar-refractivity contribution >= 4 is 22.5 Å². The molecule has 1 aliphatic heterocycles. The molecule has 0 saturated heterocycles. The summed E-state index contributed by atoms with van der Waals surface area (Å²) in [5.74, 6) is 0.0408. The van der Waals surface area contributed by atoms with Crippen molar-refractivity contribution in [3.63, 3.8) is 0 Å². The van der Waals surface area contributed by atoms with Gasteiger partial charge in [0.2, 0.25) is 0 Å². The Bertz CT molecular complexity index is 896. The van der Waals surface area contributed by atoms with Gasteiger partial charge in [-0.3, -0.25) is 9.78 Å². The number of benzene rings is 2. The minimum Gasteiger partial charge on any atom is -0.308 e. The number of carbonyl (C=O) groups excluding carboxylic acids is 1. The molecule has 3 aromatic rings. The SMILES string of the molecule is Cc1ccc2c(c1)CCCN2C(=O)c1cccc2cccnc12. The Morgan fingerprint density at radius 2 is 2.00 bits per heavy atom. The second kappa shape index (κ2) is 5.51. The van der Waals surface area contributed by atoms with Gasteiger partial charge in [-0.15, -0.1) is 0 Å². The molecule has 1 amide bonds. The van der Waals surface area contributed by atoms with Gasteiger partial charge in [0.1, 0.15) is 0 Å². The van der Waals surface area contributed by atoms with Gasteiger partial charge in [-0.05, 0) is 43.5 Å². The smallest absolute Gasteiger partial charge is 0.260 e. The van der Waals surface area contributed by atoms with Gasteiger partial charge < -0.3 is 4.90 Å². The van der Waals surface area contributed by atoms with E-state index in [1.165, 1.54) is 11.1 Å². The van der Waals surface area contributed by atoms with Crippen LogP contribution in [0.25, 0.3) is 10.9 Å².